The van der Waals surface area contributed by atoms with E-state index in [2.05, 4.69) is 84.1 Å². The molecule has 22 heavy (non-hydrogen) atoms. The molecule has 134 valence electrons. The highest BCUT2D eigenvalue weighted by atomic mass is 28.5. The lowest BCUT2D eigenvalue weighted by molar-refractivity contribution is 0.292. The third kappa shape index (κ3) is 9.25. The van der Waals surface area contributed by atoms with Crippen LogP contribution in [0.15, 0.2) is 0 Å². The summed E-state index contributed by atoms with van der Waals surface area (Å²) >= 11 is 0. The van der Waals surface area contributed by atoms with Gasteiger partial charge in [-0.15, -0.1) is 0 Å². The van der Waals surface area contributed by atoms with Crippen LogP contribution in [-0.2, 0) is 16.5 Å². The van der Waals surface area contributed by atoms with Gasteiger partial charge in [0.15, 0.2) is 9.04 Å². The van der Waals surface area contributed by atoms with E-state index in [1.807, 2.05) is 0 Å². The third-order valence-electron chi connectivity index (χ3n) is 3.08. The molecule has 0 saturated heterocycles. The molecule has 0 aromatic heterocycles. The molecule has 0 heterocycles. The Balaban J connectivity index is 4.88. The SMILES string of the molecule is CN(C)[Si](C)(C)O[Si](C)(C)O[Si](C)(C)O[Si](C)(C)O[SiH](C)C. The van der Waals surface area contributed by atoms with E-state index in [4.69, 9.17) is 16.5 Å². The summed E-state index contributed by atoms with van der Waals surface area (Å²) in [6.07, 6.45) is 0. The van der Waals surface area contributed by atoms with Crippen LogP contribution < -0.4 is 0 Å². The van der Waals surface area contributed by atoms with E-state index in [0.717, 1.165) is 0 Å². The van der Waals surface area contributed by atoms with E-state index < -0.39 is 43.2 Å². The third-order valence-corrected chi connectivity index (χ3v) is 21.2. The summed E-state index contributed by atoms with van der Waals surface area (Å²) in [4.78, 5) is 0. The quantitative estimate of drug-likeness (QED) is 0.556. The molecule has 10 heteroatoms. The number of rotatable bonds is 9. The van der Waals surface area contributed by atoms with Crippen LogP contribution in [0.5, 0.6) is 0 Å². The summed E-state index contributed by atoms with van der Waals surface area (Å²) in [5, 5.41) is 0. The van der Waals surface area contributed by atoms with E-state index in [9.17, 15) is 0 Å². The molecule has 0 aromatic rings. The molecule has 0 amide bonds. The molecule has 0 atom stereocenters. The maximum atomic E-state index is 6.44. The van der Waals surface area contributed by atoms with Crippen molar-refractivity contribution in [3.05, 3.63) is 0 Å². The van der Waals surface area contributed by atoms with Crippen LogP contribution in [0.4, 0.5) is 0 Å². The first-order valence-electron chi connectivity index (χ1n) is 7.94. The highest BCUT2D eigenvalue weighted by Crippen LogP contribution is 2.25. The van der Waals surface area contributed by atoms with Gasteiger partial charge in [-0.2, -0.15) is 0 Å². The lowest BCUT2D eigenvalue weighted by atomic mass is 11.3. The Bertz CT molecular complexity index is 361. The van der Waals surface area contributed by atoms with Gasteiger partial charge in [-0.05, 0) is 79.6 Å². The van der Waals surface area contributed by atoms with Crippen LogP contribution in [0.25, 0.3) is 0 Å². The summed E-state index contributed by atoms with van der Waals surface area (Å²) < 4.78 is 27.6. The first-order chi connectivity index (χ1) is 9.48. The molecule has 0 radical (unpaired) electrons. The summed E-state index contributed by atoms with van der Waals surface area (Å²) in [5.74, 6) is 0. The van der Waals surface area contributed by atoms with Crippen LogP contribution in [0.1, 0.15) is 0 Å². The minimum absolute atomic E-state index is 1.10. The molecule has 0 bridgehead atoms. The van der Waals surface area contributed by atoms with Crippen molar-refractivity contribution in [1.82, 2.24) is 4.57 Å². The van der Waals surface area contributed by atoms with Gasteiger partial charge in [0.05, 0.1) is 0 Å². The Morgan fingerprint density at radius 3 is 1.36 bits per heavy atom. The molecule has 0 aliphatic rings. The highest BCUT2D eigenvalue weighted by molar-refractivity contribution is 6.88. The van der Waals surface area contributed by atoms with Crippen LogP contribution >= 0.6 is 0 Å². The second kappa shape index (κ2) is 7.84. The standard InChI is InChI=1S/C12H37NO4Si5/c1-13(2)19(5,6)15-21(9,10)17-22(11,12)16-20(7,8)14-18(3)4/h18H,1-12H3. The normalized spacial score (nSPS) is 15.0. The minimum atomic E-state index is -2.28. The van der Waals surface area contributed by atoms with E-state index in [1.54, 1.807) is 0 Å². The van der Waals surface area contributed by atoms with Crippen molar-refractivity contribution in [3.8, 4) is 0 Å². The van der Waals surface area contributed by atoms with Gasteiger partial charge < -0.3 is 21.0 Å². The zero-order valence-corrected chi connectivity index (χ0v) is 21.8. The molecular weight excluding hydrogens is 363 g/mol. The predicted octanol–water partition coefficient (Wildman–Crippen LogP) is 3.41. The smallest absolute Gasteiger partial charge is 0.314 e. The molecular formula is C12H37NO4Si5. The van der Waals surface area contributed by atoms with E-state index in [1.165, 1.54) is 0 Å². The van der Waals surface area contributed by atoms with Crippen molar-refractivity contribution >= 4 is 43.2 Å². The summed E-state index contributed by atoms with van der Waals surface area (Å²) in [5.41, 5.74) is 0. The number of hydrogen-bond acceptors (Lipinski definition) is 5. The molecule has 0 aliphatic heterocycles. The average Bonchev–Trinajstić information content (AvgIpc) is 2.06. The second-order valence-corrected chi connectivity index (χ2v) is 25.7. The van der Waals surface area contributed by atoms with Crippen molar-refractivity contribution in [2.45, 2.75) is 65.5 Å². The van der Waals surface area contributed by atoms with Crippen LogP contribution in [0, 0.1) is 0 Å². The zero-order chi connectivity index (χ0) is 18.0. The maximum Gasteiger partial charge on any atom is 0.314 e. The van der Waals surface area contributed by atoms with Crippen LogP contribution in [0.2, 0.25) is 65.5 Å². The molecule has 0 saturated carbocycles. The van der Waals surface area contributed by atoms with Crippen LogP contribution in [0.3, 0.4) is 0 Å². The van der Waals surface area contributed by atoms with E-state index in [-0.39, 0.29) is 0 Å². The average molecular weight is 400 g/mol. The molecule has 0 unspecified atom stereocenters. The minimum Gasteiger partial charge on any atom is -0.440 e. The molecule has 0 fully saturated rings. The van der Waals surface area contributed by atoms with E-state index in [0.29, 0.717) is 0 Å². The Labute approximate surface area is 144 Å². The van der Waals surface area contributed by atoms with Crippen molar-refractivity contribution in [1.29, 1.82) is 0 Å². The molecule has 5 nitrogen and oxygen atoms in total. The molecule has 0 spiro atoms. The van der Waals surface area contributed by atoms with Gasteiger partial charge in [-0.25, -0.2) is 0 Å². The van der Waals surface area contributed by atoms with Gasteiger partial charge in [0, 0.05) is 0 Å². The summed E-state index contributed by atoms with van der Waals surface area (Å²) in [6, 6.07) is 0. The predicted molar refractivity (Wildman–Crippen MR) is 107 cm³/mol. The number of nitrogens with zero attached hydrogens (tertiary/aromatic N) is 1. The van der Waals surface area contributed by atoms with Crippen molar-refractivity contribution in [3.63, 3.8) is 0 Å². The summed E-state index contributed by atoms with van der Waals surface area (Å²) in [6.45, 7) is 21.5. The molecule has 0 rings (SSSR count). The Morgan fingerprint density at radius 1 is 0.636 bits per heavy atom. The van der Waals surface area contributed by atoms with Gasteiger partial charge in [-0.3, -0.25) is 0 Å². The Kier molecular flexibility index (Phi) is 8.16. The van der Waals surface area contributed by atoms with Crippen molar-refractivity contribution < 1.29 is 16.5 Å². The molecule has 0 N–H and O–H groups in total. The van der Waals surface area contributed by atoms with Crippen molar-refractivity contribution in [2.24, 2.45) is 0 Å². The first-order valence-corrected chi connectivity index (χ1v) is 22.0. The largest absolute Gasteiger partial charge is 0.440 e. The van der Waals surface area contributed by atoms with E-state index >= 15 is 0 Å². The molecule has 0 aromatic carbocycles. The summed E-state index contributed by atoms with van der Waals surface area (Å²) in [7, 11) is -5.46. The highest BCUT2D eigenvalue weighted by Gasteiger charge is 2.44. The van der Waals surface area contributed by atoms with Crippen LogP contribution in [-0.4, -0.2) is 61.9 Å². The lowest BCUT2D eigenvalue weighted by Gasteiger charge is -2.42. The Morgan fingerprint density at radius 2 is 1.00 bits per heavy atom. The van der Waals surface area contributed by atoms with Gasteiger partial charge in [0.2, 0.25) is 0 Å². The zero-order valence-electron chi connectivity index (χ0n) is 16.7. The maximum absolute atomic E-state index is 6.44. The molecule has 0 aliphatic carbocycles. The monoisotopic (exact) mass is 399 g/mol. The lowest BCUT2D eigenvalue weighted by Crippen LogP contribution is -2.60. The Hall–Kier alpha value is 0.884. The topological polar surface area (TPSA) is 40.2 Å². The fourth-order valence-electron chi connectivity index (χ4n) is 2.51. The van der Waals surface area contributed by atoms with Gasteiger partial charge in [0.1, 0.15) is 0 Å². The number of hydrogen-bond donors (Lipinski definition) is 0. The van der Waals surface area contributed by atoms with Gasteiger partial charge in [-0.1, -0.05) is 0 Å². The van der Waals surface area contributed by atoms with Gasteiger partial charge >= 0.3 is 25.7 Å². The fraction of sp³-hybridized carbons (Fsp3) is 1.00. The van der Waals surface area contributed by atoms with Crippen molar-refractivity contribution in [2.75, 3.05) is 14.1 Å². The second-order valence-electron chi connectivity index (χ2n) is 8.01. The fourth-order valence-corrected chi connectivity index (χ4v) is 23.8. The van der Waals surface area contributed by atoms with Gasteiger partial charge in [0.25, 0.3) is 8.48 Å². The first kappa shape index (κ1) is 22.9.